The van der Waals surface area contributed by atoms with Crippen molar-refractivity contribution in [1.82, 2.24) is 9.97 Å². The van der Waals surface area contributed by atoms with Crippen LogP contribution in [0.5, 0.6) is 0 Å². The van der Waals surface area contributed by atoms with Gasteiger partial charge in [-0.3, -0.25) is 9.59 Å². The van der Waals surface area contributed by atoms with E-state index >= 15 is 0 Å². The van der Waals surface area contributed by atoms with Crippen LogP contribution in [-0.4, -0.2) is 21.5 Å². The monoisotopic (exact) mass is 303 g/mol. The maximum absolute atomic E-state index is 12.1. The van der Waals surface area contributed by atoms with Gasteiger partial charge in [-0.2, -0.15) is 0 Å². The van der Waals surface area contributed by atoms with Crippen molar-refractivity contribution in [3.05, 3.63) is 51.8 Å². The fraction of sp³-hybridized carbons (Fsp3) is 0.267. The quantitative estimate of drug-likeness (QED) is 0.503. The van der Waals surface area contributed by atoms with Gasteiger partial charge in [-0.05, 0) is 11.5 Å². The fourth-order valence-electron chi connectivity index (χ4n) is 1.79. The third-order valence-electron chi connectivity index (χ3n) is 2.98. The van der Waals surface area contributed by atoms with Crippen molar-refractivity contribution in [2.75, 3.05) is 11.5 Å². The predicted octanol–water partition coefficient (Wildman–Crippen LogP) is 2.45. The molecule has 0 spiro atoms. The zero-order valence-corrected chi connectivity index (χ0v) is 12.7. The highest BCUT2D eigenvalue weighted by Gasteiger charge is 2.09. The number of nitrogens with one attached hydrogen (secondary N) is 1. The van der Waals surface area contributed by atoms with E-state index in [1.165, 1.54) is 23.4 Å². The van der Waals surface area contributed by atoms with E-state index in [-0.39, 0.29) is 22.9 Å². The fourth-order valence-corrected chi connectivity index (χ4v) is 2.57. The number of anilines is 1. The summed E-state index contributed by atoms with van der Waals surface area (Å²) >= 11 is 1.17. The Labute approximate surface area is 127 Å². The summed E-state index contributed by atoms with van der Waals surface area (Å²) in [5, 5.41) is 0.354. The molecule has 0 bridgehead atoms. The highest BCUT2D eigenvalue weighted by Crippen LogP contribution is 2.17. The maximum Gasteiger partial charge on any atom is 0.253 e. The van der Waals surface area contributed by atoms with Crippen molar-refractivity contribution in [3.63, 3.8) is 0 Å². The Bertz CT molecular complexity index is 693. The van der Waals surface area contributed by atoms with Crippen LogP contribution in [0, 0.1) is 0 Å². The molecule has 0 atom stereocenters. The summed E-state index contributed by atoms with van der Waals surface area (Å²) in [6.45, 7) is 4.21. The van der Waals surface area contributed by atoms with Crippen LogP contribution in [0.2, 0.25) is 0 Å². The number of Topliss-reactive ketones (excluding diaryl/α,β-unsaturated/α-hetero) is 1. The van der Waals surface area contributed by atoms with E-state index in [1.807, 2.05) is 24.3 Å². The molecule has 0 radical (unpaired) electrons. The Morgan fingerprint density at radius 1 is 1.33 bits per heavy atom. The Kier molecular flexibility index (Phi) is 4.80. The second kappa shape index (κ2) is 6.58. The van der Waals surface area contributed by atoms with Gasteiger partial charge < -0.3 is 10.7 Å². The van der Waals surface area contributed by atoms with Crippen LogP contribution in [0.1, 0.15) is 35.7 Å². The minimum atomic E-state index is -0.321. The first-order valence-corrected chi connectivity index (χ1v) is 7.57. The molecule has 1 heterocycles. The number of thioether (sulfide) groups is 1. The first-order valence-electron chi connectivity index (χ1n) is 6.58. The SMILES string of the molecule is CC(C)c1ccc(C(=O)CSc2nc(N)cc(=O)[nH]2)cc1. The van der Waals surface area contributed by atoms with Gasteiger partial charge in [-0.15, -0.1) is 0 Å². The lowest BCUT2D eigenvalue weighted by atomic mass is 10.0. The zero-order valence-electron chi connectivity index (χ0n) is 11.9. The second-order valence-electron chi connectivity index (χ2n) is 4.96. The van der Waals surface area contributed by atoms with Crippen LogP contribution in [0.15, 0.2) is 40.3 Å². The molecule has 3 N–H and O–H groups in total. The molecular weight excluding hydrogens is 286 g/mol. The minimum Gasteiger partial charge on any atom is -0.383 e. The summed E-state index contributed by atoms with van der Waals surface area (Å²) < 4.78 is 0. The maximum atomic E-state index is 12.1. The summed E-state index contributed by atoms with van der Waals surface area (Å²) in [4.78, 5) is 29.9. The van der Waals surface area contributed by atoms with E-state index in [9.17, 15) is 9.59 Å². The smallest absolute Gasteiger partial charge is 0.253 e. The van der Waals surface area contributed by atoms with Crippen molar-refractivity contribution in [2.24, 2.45) is 0 Å². The lowest BCUT2D eigenvalue weighted by molar-refractivity contribution is 0.102. The number of rotatable bonds is 5. The third kappa shape index (κ3) is 4.19. The van der Waals surface area contributed by atoms with E-state index < -0.39 is 0 Å². The molecule has 110 valence electrons. The summed E-state index contributed by atoms with van der Waals surface area (Å²) in [7, 11) is 0. The topological polar surface area (TPSA) is 88.8 Å². The number of carbonyl (C=O) groups excluding carboxylic acids is 1. The average molecular weight is 303 g/mol. The van der Waals surface area contributed by atoms with Gasteiger partial charge in [-0.25, -0.2) is 4.98 Å². The first-order chi connectivity index (χ1) is 9.95. The largest absolute Gasteiger partial charge is 0.383 e. The van der Waals surface area contributed by atoms with E-state index in [0.717, 1.165) is 0 Å². The Balaban J connectivity index is 2.02. The van der Waals surface area contributed by atoms with Crippen molar-refractivity contribution in [2.45, 2.75) is 24.9 Å². The van der Waals surface area contributed by atoms with Crippen LogP contribution in [0.4, 0.5) is 5.82 Å². The number of hydrogen-bond donors (Lipinski definition) is 2. The lowest BCUT2D eigenvalue weighted by Gasteiger charge is -2.06. The Morgan fingerprint density at radius 3 is 2.57 bits per heavy atom. The summed E-state index contributed by atoms with van der Waals surface area (Å²) in [6, 6.07) is 8.78. The van der Waals surface area contributed by atoms with Crippen molar-refractivity contribution in [3.8, 4) is 0 Å². The van der Waals surface area contributed by atoms with Crippen molar-refractivity contribution in [1.29, 1.82) is 0 Å². The minimum absolute atomic E-state index is 0.0135. The van der Waals surface area contributed by atoms with Crippen molar-refractivity contribution < 1.29 is 4.79 Å². The molecule has 1 aromatic heterocycles. The normalized spacial score (nSPS) is 10.8. The van der Waals surface area contributed by atoms with Crippen LogP contribution < -0.4 is 11.3 Å². The molecule has 5 nitrogen and oxygen atoms in total. The van der Waals surface area contributed by atoms with Gasteiger partial charge in [0.1, 0.15) is 5.82 Å². The number of carbonyl (C=O) groups is 1. The number of benzene rings is 1. The molecule has 0 aliphatic rings. The number of nitrogens with two attached hydrogens (primary N) is 1. The molecule has 2 aromatic rings. The van der Waals surface area contributed by atoms with Crippen LogP contribution in [0.25, 0.3) is 0 Å². The van der Waals surface area contributed by atoms with Gasteiger partial charge in [0.25, 0.3) is 5.56 Å². The van der Waals surface area contributed by atoms with Gasteiger partial charge >= 0.3 is 0 Å². The number of aromatic amines is 1. The molecule has 0 aliphatic heterocycles. The van der Waals surface area contributed by atoms with Gasteiger partial charge in [0.05, 0.1) is 5.75 Å². The predicted molar refractivity (Wildman–Crippen MR) is 84.9 cm³/mol. The summed E-state index contributed by atoms with van der Waals surface area (Å²) in [6.07, 6.45) is 0. The molecule has 2 rings (SSSR count). The van der Waals surface area contributed by atoms with E-state index in [4.69, 9.17) is 5.73 Å². The first kappa shape index (κ1) is 15.3. The van der Waals surface area contributed by atoms with E-state index in [1.54, 1.807) is 0 Å². The molecule has 0 aliphatic carbocycles. The number of hydrogen-bond acceptors (Lipinski definition) is 5. The molecule has 6 heteroatoms. The number of aromatic nitrogens is 2. The Hall–Kier alpha value is -2.08. The molecule has 0 amide bonds. The molecule has 0 unspecified atom stereocenters. The lowest BCUT2D eigenvalue weighted by Crippen LogP contribution is -2.11. The highest BCUT2D eigenvalue weighted by atomic mass is 32.2. The molecular formula is C15H17N3O2S. The van der Waals surface area contributed by atoms with E-state index in [0.29, 0.717) is 16.6 Å². The molecule has 21 heavy (non-hydrogen) atoms. The zero-order chi connectivity index (χ0) is 15.4. The highest BCUT2D eigenvalue weighted by molar-refractivity contribution is 7.99. The molecule has 1 aromatic carbocycles. The van der Waals surface area contributed by atoms with Gasteiger partial charge in [-0.1, -0.05) is 49.9 Å². The summed E-state index contributed by atoms with van der Waals surface area (Å²) in [5.41, 5.74) is 7.02. The average Bonchev–Trinajstić information content (AvgIpc) is 2.44. The molecule has 0 saturated heterocycles. The number of ketones is 1. The van der Waals surface area contributed by atoms with Crippen LogP contribution >= 0.6 is 11.8 Å². The molecule has 0 saturated carbocycles. The number of nitrogens with zero attached hydrogens (tertiary/aromatic N) is 1. The summed E-state index contributed by atoms with van der Waals surface area (Å²) in [5.74, 6) is 0.772. The van der Waals surface area contributed by atoms with Gasteiger partial charge in [0.2, 0.25) is 0 Å². The van der Waals surface area contributed by atoms with E-state index in [2.05, 4.69) is 23.8 Å². The second-order valence-corrected chi connectivity index (χ2v) is 5.93. The molecule has 0 fully saturated rings. The van der Waals surface area contributed by atoms with Gasteiger partial charge in [0.15, 0.2) is 10.9 Å². The third-order valence-corrected chi connectivity index (χ3v) is 3.85. The van der Waals surface area contributed by atoms with Crippen LogP contribution in [-0.2, 0) is 0 Å². The van der Waals surface area contributed by atoms with Crippen molar-refractivity contribution >= 4 is 23.4 Å². The standard InChI is InChI=1S/C15H17N3O2S/c1-9(2)10-3-5-11(6-4-10)12(19)8-21-15-17-13(16)7-14(20)18-15/h3-7,9H,8H2,1-2H3,(H3,16,17,18,20). The Morgan fingerprint density at radius 2 is 2.00 bits per heavy atom. The number of H-pyrrole nitrogens is 1. The number of nitrogen functional groups attached to an aromatic ring is 1. The van der Waals surface area contributed by atoms with Gasteiger partial charge in [0, 0.05) is 11.6 Å². The van der Waals surface area contributed by atoms with Crippen LogP contribution in [0.3, 0.4) is 0 Å².